The van der Waals surface area contributed by atoms with Crippen LogP contribution in [0.5, 0.6) is 0 Å². The zero-order valence-corrected chi connectivity index (χ0v) is 7.20. The Morgan fingerprint density at radius 2 is 1.33 bits per heavy atom. The summed E-state index contributed by atoms with van der Waals surface area (Å²) in [5.74, 6) is -1.17. The van der Waals surface area contributed by atoms with Gasteiger partial charge in [0.25, 0.3) is 0 Å². The van der Waals surface area contributed by atoms with Crippen LogP contribution in [0.4, 0.5) is 0 Å². The number of carbonyl (C=O) groups is 2. The second-order valence-electron chi connectivity index (χ2n) is 2.84. The molecule has 0 saturated heterocycles. The maximum absolute atomic E-state index is 11.0. The van der Waals surface area contributed by atoms with Crippen molar-refractivity contribution in [3.8, 4) is 0 Å². The first-order valence-corrected chi connectivity index (χ1v) is 3.86. The Morgan fingerprint density at radius 3 is 1.50 bits per heavy atom. The summed E-state index contributed by atoms with van der Waals surface area (Å²) in [5.41, 5.74) is 0. The predicted octanol–water partition coefficient (Wildman–Crippen LogP) is 0.359. The van der Waals surface area contributed by atoms with Crippen molar-refractivity contribution in [1.82, 2.24) is 0 Å². The van der Waals surface area contributed by atoms with Crippen LogP contribution < -0.4 is 0 Å². The molecule has 0 radical (unpaired) electrons. The molecule has 1 aliphatic rings. The lowest BCUT2D eigenvalue weighted by atomic mass is 9.74. The van der Waals surface area contributed by atoms with Gasteiger partial charge in [0.15, 0.2) is 0 Å². The lowest BCUT2D eigenvalue weighted by Gasteiger charge is -2.31. The molecule has 1 saturated carbocycles. The molecule has 0 amide bonds. The van der Waals surface area contributed by atoms with Crippen LogP contribution in [0, 0.1) is 11.8 Å². The lowest BCUT2D eigenvalue weighted by molar-refractivity contribution is -0.164. The molecule has 4 heteroatoms. The number of esters is 2. The van der Waals surface area contributed by atoms with E-state index < -0.39 is 0 Å². The Balaban J connectivity index is 2.49. The van der Waals surface area contributed by atoms with Crippen molar-refractivity contribution in [3.63, 3.8) is 0 Å². The third kappa shape index (κ3) is 1.42. The van der Waals surface area contributed by atoms with Gasteiger partial charge in [0.05, 0.1) is 26.1 Å². The van der Waals surface area contributed by atoms with Crippen LogP contribution in [-0.4, -0.2) is 26.2 Å². The number of methoxy groups -OCH3 is 2. The molecule has 0 aliphatic heterocycles. The number of carbonyl (C=O) groups excluding carboxylic acids is 2. The molecule has 0 aromatic heterocycles. The summed E-state index contributed by atoms with van der Waals surface area (Å²) in [5, 5.41) is 0. The van der Waals surface area contributed by atoms with E-state index in [0.29, 0.717) is 0 Å². The maximum Gasteiger partial charge on any atom is 0.309 e. The second-order valence-corrected chi connectivity index (χ2v) is 2.84. The van der Waals surface area contributed by atoms with Crippen molar-refractivity contribution < 1.29 is 19.1 Å². The van der Waals surface area contributed by atoms with E-state index in [1.807, 2.05) is 0 Å². The maximum atomic E-state index is 11.0. The molecular weight excluding hydrogens is 160 g/mol. The number of hydrogen-bond acceptors (Lipinski definition) is 4. The third-order valence-electron chi connectivity index (χ3n) is 2.28. The van der Waals surface area contributed by atoms with Crippen molar-refractivity contribution in [3.05, 3.63) is 0 Å². The van der Waals surface area contributed by atoms with Gasteiger partial charge >= 0.3 is 11.9 Å². The molecule has 4 nitrogen and oxygen atoms in total. The average molecular weight is 172 g/mol. The van der Waals surface area contributed by atoms with Crippen molar-refractivity contribution in [2.24, 2.45) is 11.8 Å². The number of rotatable bonds is 2. The quantitative estimate of drug-likeness (QED) is 0.564. The first-order chi connectivity index (χ1) is 5.70. The van der Waals surface area contributed by atoms with Gasteiger partial charge in [-0.2, -0.15) is 0 Å². The first-order valence-electron chi connectivity index (χ1n) is 3.86. The summed E-state index contributed by atoms with van der Waals surface area (Å²) in [6.07, 6.45) is 1.46. The van der Waals surface area contributed by atoms with Gasteiger partial charge in [-0.05, 0) is 12.8 Å². The van der Waals surface area contributed by atoms with Gasteiger partial charge in [0.1, 0.15) is 0 Å². The molecule has 0 N–H and O–H groups in total. The SMILES string of the molecule is COC(=O)C1CCC1C(=O)OC. The predicted molar refractivity (Wildman–Crippen MR) is 40.2 cm³/mol. The van der Waals surface area contributed by atoms with Crippen molar-refractivity contribution in [1.29, 1.82) is 0 Å². The van der Waals surface area contributed by atoms with Gasteiger partial charge in [-0.1, -0.05) is 0 Å². The van der Waals surface area contributed by atoms with E-state index in [9.17, 15) is 9.59 Å². The lowest BCUT2D eigenvalue weighted by Crippen LogP contribution is -2.39. The van der Waals surface area contributed by atoms with E-state index in [1.54, 1.807) is 0 Å². The Labute approximate surface area is 70.8 Å². The normalized spacial score (nSPS) is 27.2. The molecule has 1 aliphatic carbocycles. The molecule has 0 heterocycles. The molecule has 68 valence electrons. The minimum Gasteiger partial charge on any atom is -0.469 e. The van der Waals surface area contributed by atoms with Crippen LogP contribution in [0.3, 0.4) is 0 Å². The summed E-state index contributed by atoms with van der Waals surface area (Å²) in [6, 6.07) is 0. The van der Waals surface area contributed by atoms with E-state index >= 15 is 0 Å². The summed E-state index contributed by atoms with van der Waals surface area (Å²) >= 11 is 0. The minimum absolute atomic E-state index is 0.276. The number of hydrogen-bond donors (Lipinski definition) is 0. The van der Waals surface area contributed by atoms with Gasteiger partial charge < -0.3 is 9.47 Å². The second kappa shape index (κ2) is 3.56. The van der Waals surface area contributed by atoms with E-state index in [0.717, 1.165) is 12.8 Å². The van der Waals surface area contributed by atoms with Crippen LogP contribution in [-0.2, 0) is 19.1 Å². The molecule has 0 aromatic rings. The van der Waals surface area contributed by atoms with Gasteiger partial charge in [-0.25, -0.2) is 0 Å². The zero-order chi connectivity index (χ0) is 9.14. The molecule has 0 bridgehead atoms. The highest BCUT2D eigenvalue weighted by atomic mass is 16.5. The Kier molecular flexibility index (Phi) is 2.68. The van der Waals surface area contributed by atoms with Crippen molar-refractivity contribution in [2.75, 3.05) is 14.2 Å². The molecule has 1 rings (SSSR count). The minimum atomic E-state index is -0.309. The molecule has 2 unspecified atom stereocenters. The Bertz CT molecular complexity index is 177. The molecular formula is C8H12O4. The van der Waals surface area contributed by atoms with Gasteiger partial charge in [-0.15, -0.1) is 0 Å². The van der Waals surface area contributed by atoms with E-state index in [-0.39, 0.29) is 23.8 Å². The fourth-order valence-corrected chi connectivity index (χ4v) is 1.37. The summed E-state index contributed by atoms with van der Waals surface area (Å²) < 4.78 is 9.06. The standard InChI is InChI=1S/C8H12O4/c1-11-7(9)5-3-4-6(5)8(10)12-2/h5-6H,3-4H2,1-2H3. The smallest absolute Gasteiger partial charge is 0.309 e. The van der Waals surface area contributed by atoms with Crippen LogP contribution in [0.1, 0.15) is 12.8 Å². The van der Waals surface area contributed by atoms with Gasteiger partial charge in [-0.3, -0.25) is 9.59 Å². The summed E-state index contributed by atoms with van der Waals surface area (Å²) in [6.45, 7) is 0. The van der Waals surface area contributed by atoms with E-state index in [4.69, 9.17) is 0 Å². The fraction of sp³-hybridized carbons (Fsp3) is 0.750. The van der Waals surface area contributed by atoms with Crippen LogP contribution in [0.15, 0.2) is 0 Å². The highest BCUT2D eigenvalue weighted by molar-refractivity contribution is 5.83. The fourth-order valence-electron chi connectivity index (χ4n) is 1.37. The molecule has 0 aromatic carbocycles. The largest absolute Gasteiger partial charge is 0.469 e. The van der Waals surface area contributed by atoms with E-state index in [2.05, 4.69) is 9.47 Å². The zero-order valence-electron chi connectivity index (χ0n) is 7.20. The average Bonchev–Trinajstić information content (AvgIpc) is 2.02. The van der Waals surface area contributed by atoms with E-state index in [1.165, 1.54) is 14.2 Å². The van der Waals surface area contributed by atoms with Crippen molar-refractivity contribution >= 4 is 11.9 Å². The highest BCUT2D eigenvalue weighted by Gasteiger charge is 2.42. The van der Waals surface area contributed by atoms with Gasteiger partial charge in [0.2, 0.25) is 0 Å². The Morgan fingerprint density at radius 1 is 1.00 bits per heavy atom. The topological polar surface area (TPSA) is 52.6 Å². The molecule has 1 fully saturated rings. The molecule has 0 spiro atoms. The van der Waals surface area contributed by atoms with Gasteiger partial charge in [0, 0.05) is 0 Å². The van der Waals surface area contributed by atoms with Crippen LogP contribution in [0.2, 0.25) is 0 Å². The first kappa shape index (κ1) is 9.03. The summed E-state index contributed by atoms with van der Waals surface area (Å²) in [4.78, 5) is 22.0. The summed E-state index contributed by atoms with van der Waals surface area (Å²) in [7, 11) is 2.66. The van der Waals surface area contributed by atoms with Crippen LogP contribution in [0.25, 0.3) is 0 Å². The van der Waals surface area contributed by atoms with Crippen molar-refractivity contribution in [2.45, 2.75) is 12.8 Å². The molecule has 12 heavy (non-hydrogen) atoms. The molecule has 2 atom stereocenters. The Hall–Kier alpha value is -1.06. The monoisotopic (exact) mass is 172 g/mol. The number of ether oxygens (including phenoxy) is 2. The van der Waals surface area contributed by atoms with Crippen LogP contribution >= 0.6 is 0 Å². The third-order valence-corrected chi connectivity index (χ3v) is 2.28. The highest BCUT2D eigenvalue weighted by Crippen LogP contribution is 2.35.